The van der Waals surface area contributed by atoms with E-state index in [2.05, 4.69) is 21.8 Å². The van der Waals surface area contributed by atoms with Crippen LogP contribution in [0, 0.1) is 6.92 Å². The van der Waals surface area contributed by atoms with E-state index >= 15 is 0 Å². The summed E-state index contributed by atoms with van der Waals surface area (Å²) in [5.41, 5.74) is 0.756. The van der Waals surface area contributed by atoms with Crippen LogP contribution in [0.4, 0.5) is 0 Å². The van der Waals surface area contributed by atoms with Crippen molar-refractivity contribution < 1.29 is 4.74 Å². The first-order valence-electron chi connectivity index (χ1n) is 7.08. The molecule has 1 aromatic rings. The van der Waals surface area contributed by atoms with E-state index in [1.807, 2.05) is 6.92 Å². The van der Waals surface area contributed by atoms with Crippen LogP contribution in [0.15, 0.2) is 10.9 Å². The zero-order chi connectivity index (χ0) is 13.7. The van der Waals surface area contributed by atoms with E-state index in [-0.39, 0.29) is 5.56 Å². The van der Waals surface area contributed by atoms with E-state index < -0.39 is 0 Å². The van der Waals surface area contributed by atoms with E-state index in [0.29, 0.717) is 18.5 Å². The largest absolute Gasteiger partial charge is 0.377 e. The van der Waals surface area contributed by atoms with Crippen molar-refractivity contribution in [2.75, 3.05) is 19.7 Å². The lowest BCUT2D eigenvalue weighted by Crippen LogP contribution is -2.35. The Bertz CT molecular complexity index is 452. The van der Waals surface area contributed by atoms with Crippen molar-refractivity contribution >= 4 is 0 Å². The first-order valence-corrected chi connectivity index (χ1v) is 7.08. The monoisotopic (exact) mass is 265 g/mol. The highest BCUT2D eigenvalue weighted by Gasteiger charge is 2.17. The molecule has 1 unspecified atom stereocenters. The molecule has 1 atom stereocenters. The second-order valence-electron chi connectivity index (χ2n) is 5.14. The zero-order valence-corrected chi connectivity index (χ0v) is 11.8. The van der Waals surface area contributed by atoms with Crippen molar-refractivity contribution in [1.29, 1.82) is 0 Å². The fraction of sp³-hybridized carbons (Fsp3) is 0.714. The molecule has 1 aromatic heterocycles. The molecule has 1 aliphatic rings. The molecule has 2 rings (SSSR count). The van der Waals surface area contributed by atoms with E-state index in [9.17, 15) is 4.79 Å². The predicted octanol–water partition coefficient (Wildman–Crippen LogP) is 1.47. The van der Waals surface area contributed by atoms with Crippen LogP contribution in [0.1, 0.15) is 37.7 Å². The number of aryl methyl sites for hydroxylation is 1. The summed E-state index contributed by atoms with van der Waals surface area (Å²) in [7, 11) is 0. The maximum Gasteiger partial charge on any atom is 0.251 e. The summed E-state index contributed by atoms with van der Waals surface area (Å²) in [4.78, 5) is 20.8. The molecule has 2 heterocycles. The predicted molar refractivity (Wildman–Crippen MR) is 74.1 cm³/mol. The molecule has 0 bridgehead atoms. The average Bonchev–Trinajstić information content (AvgIpc) is 2.38. The van der Waals surface area contributed by atoms with Gasteiger partial charge in [0.25, 0.3) is 5.56 Å². The second kappa shape index (κ2) is 6.82. The van der Waals surface area contributed by atoms with Gasteiger partial charge < -0.3 is 9.72 Å². The van der Waals surface area contributed by atoms with Crippen LogP contribution in [-0.2, 0) is 11.3 Å². The Labute approximate surface area is 114 Å². The third kappa shape index (κ3) is 4.44. The van der Waals surface area contributed by atoms with E-state index in [0.717, 1.165) is 31.8 Å². The highest BCUT2D eigenvalue weighted by molar-refractivity contribution is 5.02. The second-order valence-corrected chi connectivity index (χ2v) is 5.14. The third-order valence-corrected chi connectivity index (χ3v) is 3.48. The van der Waals surface area contributed by atoms with E-state index in [1.54, 1.807) is 6.07 Å². The number of nitrogens with one attached hydrogen (secondary N) is 1. The molecule has 5 heteroatoms. The molecule has 106 valence electrons. The average molecular weight is 265 g/mol. The van der Waals surface area contributed by atoms with E-state index in [4.69, 9.17) is 4.74 Å². The van der Waals surface area contributed by atoms with Crippen LogP contribution in [0.25, 0.3) is 0 Å². The van der Waals surface area contributed by atoms with Gasteiger partial charge in [-0.1, -0.05) is 6.92 Å². The smallest absolute Gasteiger partial charge is 0.251 e. The summed E-state index contributed by atoms with van der Waals surface area (Å²) >= 11 is 0. The van der Waals surface area contributed by atoms with Gasteiger partial charge in [-0.05, 0) is 32.7 Å². The molecule has 0 amide bonds. The van der Waals surface area contributed by atoms with Crippen LogP contribution in [0.2, 0.25) is 0 Å². The van der Waals surface area contributed by atoms with Crippen molar-refractivity contribution in [3.8, 4) is 0 Å². The van der Waals surface area contributed by atoms with Gasteiger partial charge in [-0.15, -0.1) is 0 Å². The number of H-pyrrole nitrogens is 1. The van der Waals surface area contributed by atoms with Crippen LogP contribution >= 0.6 is 0 Å². The fourth-order valence-electron chi connectivity index (χ4n) is 2.50. The number of likely N-dealkylation sites (N-methyl/N-ethyl adjacent to an activating group) is 1. The molecule has 0 aliphatic carbocycles. The molecule has 19 heavy (non-hydrogen) atoms. The molecule has 1 aliphatic heterocycles. The Morgan fingerprint density at radius 3 is 3.00 bits per heavy atom. The van der Waals surface area contributed by atoms with Gasteiger partial charge in [0.1, 0.15) is 5.82 Å². The van der Waals surface area contributed by atoms with Gasteiger partial charge in [-0.25, -0.2) is 4.98 Å². The molecule has 0 radical (unpaired) electrons. The topological polar surface area (TPSA) is 58.2 Å². The van der Waals surface area contributed by atoms with Crippen molar-refractivity contribution in [3.05, 3.63) is 27.9 Å². The van der Waals surface area contributed by atoms with Crippen molar-refractivity contribution in [3.63, 3.8) is 0 Å². The fourth-order valence-corrected chi connectivity index (χ4v) is 2.50. The molecule has 1 fully saturated rings. The lowest BCUT2D eigenvalue weighted by atomic mass is 10.1. The Morgan fingerprint density at radius 1 is 1.53 bits per heavy atom. The molecule has 0 saturated carbocycles. The summed E-state index contributed by atoms with van der Waals surface area (Å²) in [6, 6.07) is 1.58. The van der Waals surface area contributed by atoms with Crippen LogP contribution in [0.5, 0.6) is 0 Å². The van der Waals surface area contributed by atoms with E-state index in [1.165, 1.54) is 12.8 Å². The Kier molecular flexibility index (Phi) is 5.10. The maximum absolute atomic E-state index is 11.4. The molecule has 0 spiro atoms. The molecule has 5 nitrogen and oxygen atoms in total. The van der Waals surface area contributed by atoms with Gasteiger partial charge in [0, 0.05) is 25.8 Å². The number of aromatic nitrogens is 2. The third-order valence-electron chi connectivity index (χ3n) is 3.48. The molecular weight excluding hydrogens is 242 g/mol. The normalized spacial score (nSPS) is 19.8. The van der Waals surface area contributed by atoms with Gasteiger partial charge >= 0.3 is 0 Å². The van der Waals surface area contributed by atoms with Gasteiger partial charge in [-0.2, -0.15) is 0 Å². The summed E-state index contributed by atoms with van der Waals surface area (Å²) in [6.07, 6.45) is 3.90. The highest BCUT2D eigenvalue weighted by atomic mass is 16.5. The summed E-state index contributed by atoms with van der Waals surface area (Å²) in [5.74, 6) is 0.674. The SMILES string of the molecule is CCN(Cc1cc(=O)[nH]c(C)n1)CC1CCCCO1. The van der Waals surface area contributed by atoms with Gasteiger partial charge in [0.05, 0.1) is 11.8 Å². The molecular formula is C14H23N3O2. The number of hydrogen-bond acceptors (Lipinski definition) is 4. The van der Waals surface area contributed by atoms with Crippen LogP contribution < -0.4 is 5.56 Å². The minimum Gasteiger partial charge on any atom is -0.377 e. The standard InChI is InChI=1S/C14H23N3O2/c1-3-17(10-13-6-4-5-7-19-13)9-12-8-14(18)16-11(2)15-12/h8,13H,3-7,9-10H2,1-2H3,(H,15,16,18). The Hall–Kier alpha value is -1.20. The van der Waals surface area contributed by atoms with Gasteiger partial charge in [0.15, 0.2) is 0 Å². The quantitative estimate of drug-likeness (QED) is 0.876. The number of aromatic amines is 1. The lowest BCUT2D eigenvalue weighted by Gasteiger charge is -2.28. The maximum atomic E-state index is 11.4. The molecule has 0 aromatic carbocycles. The minimum absolute atomic E-state index is 0.0764. The van der Waals surface area contributed by atoms with Gasteiger partial charge in [-0.3, -0.25) is 9.69 Å². The Morgan fingerprint density at radius 2 is 2.37 bits per heavy atom. The lowest BCUT2D eigenvalue weighted by molar-refractivity contribution is -0.00643. The number of ether oxygens (including phenoxy) is 1. The zero-order valence-electron chi connectivity index (χ0n) is 11.8. The first kappa shape index (κ1) is 14.2. The van der Waals surface area contributed by atoms with Crippen LogP contribution in [0.3, 0.4) is 0 Å². The number of rotatable bonds is 5. The van der Waals surface area contributed by atoms with Crippen molar-refractivity contribution in [1.82, 2.24) is 14.9 Å². The number of nitrogens with zero attached hydrogens (tertiary/aromatic N) is 2. The summed E-state index contributed by atoms with van der Waals surface area (Å²) in [6.45, 7) is 7.39. The van der Waals surface area contributed by atoms with Crippen LogP contribution in [-0.4, -0.2) is 40.7 Å². The van der Waals surface area contributed by atoms with Gasteiger partial charge in [0.2, 0.25) is 0 Å². The minimum atomic E-state index is -0.0764. The number of hydrogen-bond donors (Lipinski definition) is 1. The van der Waals surface area contributed by atoms with Crippen molar-refractivity contribution in [2.24, 2.45) is 0 Å². The summed E-state index contributed by atoms with van der Waals surface area (Å²) in [5, 5.41) is 0. The molecule has 1 N–H and O–H groups in total. The summed E-state index contributed by atoms with van der Waals surface area (Å²) < 4.78 is 5.77. The Balaban J connectivity index is 1.95. The highest BCUT2D eigenvalue weighted by Crippen LogP contribution is 2.14. The molecule has 1 saturated heterocycles. The first-order chi connectivity index (χ1) is 9.17. The van der Waals surface area contributed by atoms with Crippen molar-refractivity contribution in [2.45, 2.75) is 45.8 Å².